The van der Waals surface area contributed by atoms with Crippen LogP contribution in [-0.4, -0.2) is 134 Å². The van der Waals surface area contributed by atoms with Crippen LogP contribution in [0.4, 0.5) is 0 Å². The molecule has 4 aliphatic rings. The number of fused-ring (bicyclic) bond motifs is 1. The van der Waals surface area contributed by atoms with Crippen molar-refractivity contribution in [2.45, 2.75) is 154 Å². The molecule has 0 aromatic heterocycles. The lowest BCUT2D eigenvalue weighted by atomic mass is 9.78. The van der Waals surface area contributed by atoms with Gasteiger partial charge in [0.05, 0.1) is 24.2 Å². The van der Waals surface area contributed by atoms with Crippen molar-refractivity contribution >= 4 is 17.7 Å². The Morgan fingerprint density at radius 3 is 2.30 bits per heavy atom. The Hall–Kier alpha value is -1.67. The molecule has 288 valence electrons. The van der Waals surface area contributed by atoms with Gasteiger partial charge in [-0.2, -0.15) is 0 Å². The summed E-state index contributed by atoms with van der Waals surface area (Å²) in [6, 6.07) is -0.340. The monoisotopic (exact) mass is 709 g/mol. The van der Waals surface area contributed by atoms with Gasteiger partial charge >= 0.3 is 11.9 Å². The van der Waals surface area contributed by atoms with E-state index in [1.54, 1.807) is 21.0 Å². The summed E-state index contributed by atoms with van der Waals surface area (Å²) in [5, 5.41) is 15.3. The van der Waals surface area contributed by atoms with Crippen molar-refractivity contribution in [3.63, 3.8) is 0 Å². The topological polar surface area (TPSA) is 136 Å². The van der Waals surface area contributed by atoms with Crippen molar-refractivity contribution in [1.82, 2.24) is 15.1 Å². The zero-order valence-corrected chi connectivity index (χ0v) is 32.4. The Balaban J connectivity index is 1.67. The lowest BCUT2D eigenvalue weighted by Crippen LogP contribution is -2.60. The minimum absolute atomic E-state index is 0.0602. The number of nitrogens with one attached hydrogen (secondary N) is 1. The van der Waals surface area contributed by atoms with E-state index in [9.17, 15) is 19.5 Å². The molecule has 0 bridgehead atoms. The molecule has 4 rings (SSSR count). The molecule has 4 aliphatic heterocycles. The van der Waals surface area contributed by atoms with Crippen LogP contribution in [0.2, 0.25) is 0 Å². The van der Waals surface area contributed by atoms with E-state index in [-0.39, 0.29) is 48.2 Å². The molecule has 4 heterocycles. The van der Waals surface area contributed by atoms with Gasteiger partial charge in [-0.1, -0.05) is 33.6 Å². The standard InChI is InChI=1S/C38H67N3O9/c1-11-30-38(7)28(19-31(42)50-38)26(5)39-21-23(2)20-37(6,46-10)34(24(3)32(43)25(4)35(45)48-30)49-36-33(44)29(40(8)9)18-27(47-36)22-41-16-14-12-13-15-17-41/h23-30,33-34,36,39,44H,11-22H2,1-10H3/t23-,24+,25?,26-,27?,28-,29?,30-,33?,34-,36?,37-,38+/m1/s1. The number of ketones is 1. The molecule has 0 aromatic carbocycles. The third kappa shape index (κ3) is 9.27. The molecule has 50 heavy (non-hydrogen) atoms. The Bertz CT molecular complexity index is 1150. The first-order chi connectivity index (χ1) is 23.5. The van der Waals surface area contributed by atoms with Gasteiger partial charge < -0.3 is 43.9 Å². The molecule has 13 atom stereocenters. The lowest BCUT2D eigenvalue weighted by Gasteiger charge is -2.47. The Labute approximate surface area is 300 Å². The Morgan fingerprint density at radius 2 is 1.70 bits per heavy atom. The normalized spacial score (nSPS) is 43.4. The number of cyclic esters (lactones) is 1. The lowest BCUT2D eigenvalue weighted by molar-refractivity contribution is -0.298. The smallest absolute Gasteiger partial charge is 0.316 e. The van der Waals surface area contributed by atoms with Gasteiger partial charge in [0.1, 0.15) is 18.1 Å². The molecular weight excluding hydrogens is 642 g/mol. The quantitative estimate of drug-likeness (QED) is 0.296. The number of likely N-dealkylation sites (N-methyl/N-ethyl adjacent to an activating group) is 1. The average molecular weight is 710 g/mol. The summed E-state index contributed by atoms with van der Waals surface area (Å²) in [5.41, 5.74) is -2.04. The summed E-state index contributed by atoms with van der Waals surface area (Å²) < 4.78 is 31.6. The first-order valence-electron chi connectivity index (χ1n) is 19.2. The van der Waals surface area contributed by atoms with Crippen LogP contribution in [0.1, 0.15) is 99.8 Å². The number of rotatable bonds is 7. The molecule has 4 fully saturated rings. The zero-order valence-electron chi connectivity index (χ0n) is 32.4. The predicted octanol–water partition coefficient (Wildman–Crippen LogP) is 3.56. The Morgan fingerprint density at radius 1 is 1.04 bits per heavy atom. The van der Waals surface area contributed by atoms with E-state index in [2.05, 4.69) is 17.1 Å². The van der Waals surface area contributed by atoms with Crippen LogP contribution >= 0.6 is 0 Å². The number of esters is 2. The number of nitrogens with zero attached hydrogens (tertiary/aromatic N) is 2. The van der Waals surface area contributed by atoms with Crippen LogP contribution in [0.15, 0.2) is 0 Å². The maximum Gasteiger partial charge on any atom is 0.316 e. The minimum Gasteiger partial charge on any atom is -0.458 e. The van der Waals surface area contributed by atoms with Gasteiger partial charge in [0.25, 0.3) is 0 Å². The van der Waals surface area contributed by atoms with E-state index in [1.165, 1.54) is 12.8 Å². The fraction of sp³-hybridized carbons (Fsp3) is 0.921. The third-order valence-electron chi connectivity index (χ3n) is 12.2. The Kier molecular flexibility index (Phi) is 14.3. The highest BCUT2D eigenvalue weighted by Crippen LogP contribution is 2.42. The zero-order chi connectivity index (χ0) is 37.0. The van der Waals surface area contributed by atoms with Crippen LogP contribution < -0.4 is 5.32 Å². The molecule has 0 amide bonds. The first-order valence-corrected chi connectivity index (χ1v) is 19.2. The fourth-order valence-corrected chi connectivity index (χ4v) is 9.04. The van der Waals surface area contributed by atoms with Crippen molar-refractivity contribution < 1.29 is 43.2 Å². The van der Waals surface area contributed by atoms with Gasteiger partial charge in [0, 0.05) is 37.6 Å². The molecular formula is C38H67N3O9. The molecule has 2 N–H and O–H groups in total. The largest absolute Gasteiger partial charge is 0.458 e. The third-order valence-corrected chi connectivity index (χ3v) is 12.2. The van der Waals surface area contributed by atoms with Crippen molar-refractivity contribution in [2.75, 3.05) is 47.4 Å². The minimum atomic E-state index is -1.12. The number of ether oxygens (including phenoxy) is 5. The van der Waals surface area contributed by atoms with Crippen LogP contribution in [0.5, 0.6) is 0 Å². The first kappa shape index (κ1) is 41.1. The summed E-state index contributed by atoms with van der Waals surface area (Å²) in [7, 11) is 5.53. The van der Waals surface area contributed by atoms with E-state index in [0.29, 0.717) is 25.8 Å². The van der Waals surface area contributed by atoms with Gasteiger partial charge in [-0.3, -0.25) is 14.4 Å². The van der Waals surface area contributed by atoms with Crippen molar-refractivity contribution in [2.24, 2.45) is 23.7 Å². The molecule has 12 heteroatoms. The van der Waals surface area contributed by atoms with Crippen LogP contribution in [0.25, 0.3) is 0 Å². The molecule has 0 spiro atoms. The van der Waals surface area contributed by atoms with Gasteiger partial charge in [0.2, 0.25) is 0 Å². The van der Waals surface area contributed by atoms with Gasteiger partial charge in [-0.05, 0) is 99.4 Å². The van der Waals surface area contributed by atoms with Crippen molar-refractivity contribution in [3.8, 4) is 0 Å². The molecule has 0 saturated carbocycles. The summed E-state index contributed by atoms with van der Waals surface area (Å²) >= 11 is 0. The molecule has 12 nitrogen and oxygen atoms in total. The number of likely N-dealkylation sites (tertiary alicyclic amines) is 1. The fourth-order valence-electron chi connectivity index (χ4n) is 9.04. The predicted molar refractivity (Wildman–Crippen MR) is 189 cm³/mol. The highest BCUT2D eigenvalue weighted by Gasteiger charge is 2.55. The number of carbonyl (C=O) groups excluding carboxylic acids is 3. The van der Waals surface area contributed by atoms with E-state index < -0.39 is 53.6 Å². The molecule has 5 unspecified atom stereocenters. The maximum absolute atomic E-state index is 14.3. The molecule has 0 aliphatic carbocycles. The second-order valence-corrected chi connectivity index (χ2v) is 16.4. The molecule has 0 aromatic rings. The second kappa shape index (κ2) is 17.4. The number of hydrogen-bond donors (Lipinski definition) is 2. The summed E-state index contributed by atoms with van der Waals surface area (Å²) in [5.74, 6) is -3.46. The van der Waals surface area contributed by atoms with Crippen LogP contribution in [0.3, 0.4) is 0 Å². The van der Waals surface area contributed by atoms with Crippen molar-refractivity contribution in [3.05, 3.63) is 0 Å². The van der Waals surface area contributed by atoms with Gasteiger partial charge in [-0.15, -0.1) is 0 Å². The maximum atomic E-state index is 14.3. The summed E-state index contributed by atoms with van der Waals surface area (Å²) in [6.07, 6.45) is 2.85. The van der Waals surface area contributed by atoms with E-state index in [1.807, 2.05) is 46.7 Å². The van der Waals surface area contributed by atoms with E-state index in [4.69, 9.17) is 23.7 Å². The second-order valence-electron chi connectivity index (χ2n) is 16.4. The number of methoxy groups -OCH3 is 1. The summed E-state index contributed by atoms with van der Waals surface area (Å²) in [6.45, 7) is 16.5. The molecule has 0 radical (unpaired) electrons. The highest BCUT2D eigenvalue weighted by molar-refractivity contribution is 6.00. The number of aliphatic hydroxyl groups excluding tert-OH is 1. The average Bonchev–Trinajstić information content (AvgIpc) is 3.21. The number of carbonyl (C=O) groups is 3. The molecule has 4 saturated heterocycles. The van der Waals surface area contributed by atoms with Crippen molar-refractivity contribution in [1.29, 1.82) is 0 Å². The van der Waals surface area contributed by atoms with Crippen LogP contribution in [0, 0.1) is 23.7 Å². The summed E-state index contributed by atoms with van der Waals surface area (Å²) in [4.78, 5) is 45.1. The number of aliphatic hydroxyl groups is 1. The van der Waals surface area contributed by atoms with Crippen LogP contribution in [-0.2, 0) is 38.1 Å². The van der Waals surface area contributed by atoms with Gasteiger partial charge in [0.15, 0.2) is 17.7 Å². The van der Waals surface area contributed by atoms with E-state index >= 15 is 0 Å². The van der Waals surface area contributed by atoms with Gasteiger partial charge in [-0.25, -0.2) is 0 Å². The van der Waals surface area contributed by atoms with E-state index in [0.717, 1.165) is 32.5 Å². The number of Topliss-reactive ketones (excluding diaryl/α,β-unsaturated/α-hetero) is 1. The number of hydrogen-bond acceptors (Lipinski definition) is 12. The SMILES string of the molecule is CC[C@H]1OC(=O)C(C)C(=O)[C@H](C)[C@@H](OC2OC(CN3CCCCCC3)CC(N(C)C)C2O)[C@](C)(OC)C[C@@H](C)CN[C@H](C)[C@H]2CC(=O)O[C@@]21C. The highest BCUT2D eigenvalue weighted by atomic mass is 16.7.